The van der Waals surface area contributed by atoms with Crippen molar-refractivity contribution in [2.24, 2.45) is 4.99 Å². The number of aliphatic imine (C=N–C) groups is 1. The Morgan fingerprint density at radius 1 is 1.06 bits per heavy atom. The van der Waals surface area contributed by atoms with Gasteiger partial charge >= 0.3 is 11.8 Å². The van der Waals surface area contributed by atoms with Crippen molar-refractivity contribution in [3.05, 3.63) is 52.4 Å². The molecule has 6 rings (SSSR count). The van der Waals surface area contributed by atoms with Gasteiger partial charge in [0.2, 0.25) is 5.88 Å². The number of amides is 1. The number of ether oxygens (including phenoxy) is 1. The lowest BCUT2D eigenvalue weighted by Gasteiger charge is -2.37. The van der Waals surface area contributed by atoms with Crippen LogP contribution in [0.5, 0.6) is 5.88 Å². The molecule has 1 aromatic heterocycles. The van der Waals surface area contributed by atoms with Crippen molar-refractivity contribution < 1.29 is 24.4 Å². The number of hydrogen-bond acceptors (Lipinski definition) is 8. The van der Waals surface area contributed by atoms with Gasteiger partial charge in [-0.25, -0.2) is 14.6 Å². The zero-order valence-corrected chi connectivity index (χ0v) is 31.0. The molecule has 2 aromatic carbocycles. The molecule has 11 heteroatoms. The highest BCUT2D eigenvalue weighted by molar-refractivity contribution is 6.13. The monoisotopic (exact) mass is 665 g/mol. The first-order valence-electron chi connectivity index (χ1n) is 17.5. The Bertz CT molecular complexity index is 1590. The lowest BCUT2D eigenvalue weighted by molar-refractivity contribution is -0.736. The van der Waals surface area contributed by atoms with E-state index in [4.69, 9.17) is 14.6 Å². The smallest absolute Gasteiger partial charge is 0.410 e. The molecule has 4 heterocycles. The number of nitrogens with one attached hydrogen (secondary N) is 1. The van der Waals surface area contributed by atoms with Gasteiger partial charge < -0.3 is 29.5 Å². The lowest BCUT2D eigenvalue weighted by Crippen LogP contribution is -2.50. The quantitative estimate of drug-likeness (QED) is 0.262. The maximum Gasteiger partial charge on any atom is 0.410 e. The molecule has 0 saturated carbocycles. The van der Waals surface area contributed by atoms with E-state index in [9.17, 15) is 14.8 Å². The van der Waals surface area contributed by atoms with Crippen LogP contribution in [0.2, 0.25) is 0 Å². The van der Waals surface area contributed by atoms with Crippen LogP contribution in [0.25, 0.3) is 10.9 Å². The number of amidine groups is 1. The van der Waals surface area contributed by atoms with E-state index in [0.29, 0.717) is 40.6 Å². The molecule has 2 saturated heterocycles. The second kappa shape index (κ2) is 16.2. The fourth-order valence-electron chi connectivity index (χ4n) is 6.19. The first-order chi connectivity index (χ1) is 22.8. The highest BCUT2D eigenvalue weighted by Crippen LogP contribution is 2.40. The number of hydrogen-bond donors (Lipinski definition) is 2. The van der Waals surface area contributed by atoms with Crippen LogP contribution in [0.3, 0.4) is 0 Å². The zero-order chi connectivity index (χ0) is 35.9. The number of H-pyrrole nitrogens is 1. The van der Waals surface area contributed by atoms with Crippen molar-refractivity contribution in [2.45, 2.75) is 119 Å². The molecule has 3 aromatic rings. The molecule has 0 spiro atoms. The number of likely N-dealkylation sites (tertiary alicyclic amines) is 1. The van der Waals surface area contributed by atoms with Crippen LogP contribution in [0.4, 0.5) is 21.9 Å². The Hall–Kier alpha value is -4.28. The van der Waals surface area contributed by atoms with Crippen LogP contribution >= 0.6 is 0 Å². The van der Waals surface area contributed by atoms with Crippen LogP contribution < -0.4 is 4.90 Å². The van der Waals surface area contributed by atoms with Crippen molar-refractivity contribution in [3.63, 3.8) is 0 Å². The van der Waals surface area contributed by atoms with Crippen molar-refractivity contribution >= 4 is 39.9 Å². The van der Waals surface area contributed by atoms with Gasteiger partial charge in [-0.05, 0) is 70.9 Å². The molecule has 0 radical (unpaired) electrons. The summed E-state index contributed by atoms with van der Waals surface area (Å²) in [6, 6.07) is 12.0. The summed E-state index contributed by atoms with van der Waals surface area (Å²) in [4.78, 5) is 44.3. The summed E-state index contributed by atoms with van der Waals surface area (Å²) in [5.41, 5.74) is 4.13. The van der Waals surface area contributed by atoms with Gasteiger partial charge in [0.05, 0.1) is 27.7 Å². The van der Waals surface area contributed by atoms with Crippen molar-refractivity contribution in [1.29, 1.82) is 0 Å². The number of nitrogens with zero attached hydrogens (tertiary/aromatic N) is 5. The number of aromatic amines is 1. The maximum atomic E-state index is 12.7. The predicted molar refractivity (Wildman–Crippen MR) is 195 cm³/mol. The molecule has 11 nitrogen and oxygen atoms in total. The van der Waals surface area contributed by atoms with Gasteiger partial charge in [-0.15, -0.1) is 0 Å². The number of rotatable bonds is 5. The number of aromatic nitrogens is 1. The normalized spacial score (nSPS) is 17.8. The van der Waals surface area contributed by atoms with Crippen molar-refractivity contribution in [1.82, 2.24) is 14.8 Å². The molecule has 1 amide bonds. The standard InChI is InChI=1S/C30H36N6O5.C3H8.2C2H6/c1-17(2)33-14-18-11-19(34-15-22-12-21(34)16-35(22)29(38)41-30(3,4)5)8-10-24(18)31-27(33)26-23-9-7-20(36(39)40-6)13-25(23)32-28(26)37;1-3-2;2*1-2/h7-11,13,17,21-22H,12,14-16H2,1-6H3,(H-,31,32,37,39);3H2,1-2H3;2*1-2H3/p+1. The Kier molecular flexibility index (Phi) is 12.9. The van der Waals surface area contributed by atoms with Gasteiger partial charge in [-0.2, -0.15) is 0 Å². The van der Waals surface area contributed by atoms with E-state index in [-0.39, 0.29) is 30.1 Å². The number of anilines is 1. The number of carbonyl (C=O) groups excluding carboxylic acids is 1. The van der Waals surface area contributed by atoms with E-state index in [1.54, 1.807) is 18.2 Å². The largest absolute Gasteiger partial charge is 0.494 e. The van der Waals surface area contributed by atoms with Crippen LogP contribution in [-0.4, -0.2) is 80.7 Å². The Morgan fingerprint density at radius 3 is 2.29 bits per heavy atom. The Labute approximate surface area is 286 Å². The maximum absolute atomic E-state index is 12.7. The number of benzene rings is 2. The van der Waals surface area contributed by atoms with Gasteiger partial charge in [0, 0.05) is 54.9 Å². The fourth-order valence-corrected chi connectivity index (χ4v) is 6.19. The Morgan fingerprint density at radius 2 is 1.73 bits per heavy atom. The summed E-state index contributed by atoms with van der Waals surface area (Å²) < 4.78 is 5.63. The van der Waals surface area contributed by atoms with Crippen LogP contribution in [-0.2, 0) is 16.1 Å². The van der Waals surface area contributed by atoms with E-state index in [1.165, 1.54) is 13.5 Å². The van der Waals surface area contributed by atoms with Crippen LogP contribution in [0.1, 0.15) is 100 Å². The van der Waals surface area contributed by atoms with Gasteiger partial charge in [-0.1, -0.05) is 48.0 Å². The second-order valence-corrected chi connectivity index (χ2v) is 13.0. The molecule has 2 N–H and O–H groups in total. The highest BCUT2D eigenvalue weighted by Gasteiger charge is 2.46. The summed E-state index contributed by atoms with van der Waals surface area (Å²) in [5.74, 6) is 0.676. The molecule has 2 atom stereocenters. The fraction of sp³-hybridized carbons (Fsp3) is 0.568. The molecular formula is C37H57N6O5+. The number of piperazine rings is 1. The zero-order valence-electron chi connectivity index (χ0n) is 31.0. The minimum atomic E-state index is -0.507. The van der Waals surface area contributed by atoms with E-state index in [0.717, 1.165) is 35.3 Å². The third-order valence-corrected chi connectivity index (χ3v) is 8.09. The molecule has 264 valence electrons. The molecule has 48 heavy (non-hydrogen) atoms. The molecule has 2 bridgehead atoms. The molecule has 0 aliphatic carbocycles. The van der Waals surface area contributed by atoms with E-state index in [1.807, 2.05) is 59.4 Å². The predicted octanol–water partition coefficient (Wildman–Crippen LogP) is 8.81. The molecule has 2 unspecified atom stereocenters. The van der Waals surface area contributed by atoms with Gasteiger partial charge in [-0.3, -0.25) is 0 Å². The average Bonchev–Trinajstić information content (AvgIpc) is 3.77. The lowest BCUT2D eigenvalue weighted by atomic mass is 10.0. The molecule has 3 aliphatic rings. The topological polar surface area (TPSA) is 114 Å². The van der Waals surface area contributed by atoms with Gasteiger partial charge in [0.15, 0.2) is 7.11 Å². The number of aromatic hydroxyl groups is 1. The summed E-state index contributed by atoms with van der Waals surface area (Å²) in [7, 11) is 1.31. The first kappa shape index (κ1) is 38.2. The minimum Gasteiger partial charge on any atom is -0.494 e. The molecule has 2 fully saturated rings. The van der Waals surface area contributed by atoms with E-state index >= 15 is 0 Å². The summed E-state index contributed by atoms with van der Waals surface area (Å²) in [6.45, 7) is 24.2. The average molecular weight is 666 g/mol. The van der Waals surface area contributed by atoms with E-state index in [2.05, 4.69) is 54.6 Å². The van der Waals surface area contributed by atoms with E-state index < -0.39 is 5.60 Å². The van der Waals surface area contributed by atoms with Crippen molar-refractivity contribution in [3.8, 4) is 5.88 Å². The SMILES string of the molecule is CC.CC.CCC.CO[N+](=O)c1ccc2c(C3=Nc4ccc(N5CC6CC5CN6C(=O)OC(C)(C)C)cc4CN3C(C)C)c(O)[nH]c2c1. The molecule has 3 aliphatic heterocycles. The minimum absolute atomic E-state index is 0.000815. The Balaban J connectivity index is 0.000000832. The third kappa shape index (κ3) is 8.05. The van der Waals surface area contributed by atoms with Gasteiger partial charge in [0.1, 0.15) is 11.4 Å². The number of carbonyl (C=O) groups is 1. The second-order valence-electron chi connectivity index (χ2n) is 13.0. The van der Waals surface area contributed by atoms with Crippen LogP contribution in [0, 0.1) is 4.91 Å². The third-order valence-electron chi connectivity index (χ3n) is 8.09. The van der Waals surface area contributed by atoms with Gasteiger partial charge in [0.25, 0.3) is 4.92 Å². The summed E-state index contributed by atoms with van der Waals surface area (Å²) >= 11 is 0. The van der Waals surface area contributed by atoms with Crippen LogP contribution in [0.15, 0.2) is 41.4 Å². The van der Waals surface area contributed by atoms with Crippen molar-refractivity contribution in [2.75, 3.05) is 25.1 Å². The first-order valence-corrected chi connectivity index (χ1v) is 17.5. The molecular weight excluding hydrogens is 608 g/mol. The number of fused-ring (bicyclic) bond motifs is 4. The summed E-state index contributed by atoms with van der Waals surface area (Å²) in [5, 5.41) is 11.7. The highest BCUT2D eigenvalue weighted by atomic mass is 16.8. The summed E-state index contributed by atoms with van der Waals surface area (Å²) in [6.07, 6.45) is 1.96.